The van der Waals surface area contributed by atoms with Crippen LogP contribution in [0.4, 0.5) is 4.39 Å². The molecule has 0 spiro atoms. The highest BCUT2D eigenvalue weighted by Gasteiger charge is 2.20. The van der Waals surface area contributed by atoms with Gasteiger partial charge in [0, 0.05) is 6.04 Å². The van der Waals surface area contributed by atoms with E-state index >= 15 is 0 Å². The van der Waals surface area contributed by atoms with Crippen LogP contribution < -0.4 is 5.32 Å². The van der Waals surface area contributed by atoms with Gasteiger partial charge in [-0.15, -0.1) is 6.58 Å². The molecule has 0 aliphatic heterocycles. The van der Waals surface area contributed by atoms with E-state index in [1.807, 2.05) is 0 Å². The summed E-state index contributed by atoms with van der Waals surface area (Å²) >= 11 is 0. The van der Waals surface area contributed by atoms with Gasteiger partial charge in [-0.2, -0.15) is 0 Å². The Balaban J connectivity index is 1.87. The van der Waals surface area contributed by atoms with Crippen molar-refractivity contribution in [3.63, 3.8) is 0 Å². The molecule has 118 valence electrons. The van der Waals surface area contributed by atoms with E-state index < -0.39 is 6.10 Å². The fraction of sp³-hybridized carbons (Fsp3) is 0.389. The van der Waals surface area contributed by atoms with Crippen LogP contribution in [-0.4, -0.2) is 24.7 Å². The molecular formula is C18H22FNO2. The van der Waals surface area contributed by atoms with Crippen LogP contribution in [0.3, 0.4) is 0 Å². The predicted octanol–water partition coefficient (Wildman–Crippen LogP) is 3.47. The van der Waals surface area contributed by atoms with E-state index in [1.54, 1.807) is 25.1 Å². The van der Waals surface area contributed by atoms with Crippen LogP contribution in [0.1, 0.15) is 31.7 Å². The molecule has 0 saturated heterocycles. The molecule has 4 heteroatoms. The number of benzene rings is 1. The zero-order chi connectivity index (χ0) is 15.9. The van der Waals surface area contributed by atoms with Gasteiger partial charge < -0.3 is 10.1 Å². The fourth-order valence-electron chi connectivity index (χ4n) is 2.50. The van der Waals surface area contributed by atoms with Crippen LogP contribution in [0.2, 0.25) is 0 Å². The van der Waals surface area contributed by atoms with Crippen molar-refractivity contribution in [2.24, 2.45) is 0 Å². The molecule has 0 bridgehead atoms. The van der Waals surface area contributed by atoms with E-state index in [0.29, 0.717) is 6.61 Å². The lowest BCUT2D eigenvalue weighted by Crippen LogP contribution is -2.41. The number of hydrogen-bond donors (Lipinski definition) is 1. The molecule has 0 radical (unpaired) electrons. The van der Waals surface area contributed by atoms with Crippen molar-refractivity contribution in [2.75, 3.05) is 6.61 Å². The molecule has 1 aliphatic rings. The average Bonchev–Trinajstić information content (AvgIpc) is 2.54. The number of allylic oxidation sites excluding steroid dienone is 1. The molecule has 1 aliphatic carbocycles. The SMILES string of the molecule is C=CCO[C@H](C)C(=O)N[C@H]1CC=C(c2ccc(F)cc2)CC1. The largest absolute Gasteiger partial charge is 0.365 e. The summed E-state index contributed by atoms with van der Waals surface area (Å²) in [6.45, 7) is 5.67. The van der Waals surface area contributed by atoms with Crippen molar-refractivity contribution < 1.29 is 13.9 Å². The van der Waals surface area contributed by atoms with Gasteiger partial charge >= 0.3 is 0 Å². The normalized spacial score (nSPS) is 19.2. The molecule has 0 heterocycles. The van der Waals surface area contributed by atoms with E-state index in [1.165, 1.54) is 17.7 Å². The topological polar surface area (TPSA) is 38.3 Å². The van der Waals surface area contributed by atoms with Crippen molar-refractivity contribution in [3.05, 3.63) is 54.4 Å². The summed E-state index contributed by atoms with van der Waals surface area (Å²) in [7, 11) is 0. The van der Waals surface area contributed by atoms with Crippen molar-refractivity contribution in [2.45, 2.75) is 38.3 Å². The lowest BCUT2D eigenvalue weighted by molar-refractivity contribution is -0.131. The maximum Gasteiger partial charge on any atom is 0.249 e. The molecule has 1 amide bonds. The molecule has 2 rings (SSSR count). The Bertz CT molecular complexity index is 551. The number of amides is 1. The van der Waals surface area contributed by atoms with Crippen LogP contribution in [0.15, 0.2) is 43.0 Å². The molecule has 0 unspecified atom stereocenters. The molecule has 22 heavy (non-hydrogen) atoms. The van der Waals surface area contributed by atoms with Crippen LogP contribution in [0, 0.1) is 5.82 Å². The van der Waals surface area contributed by atoms with Gasteiger partial charge in [0.1, 0.15) is 11.9 Å². The highest BCUT2D eigenvalue weighted by atomic mass is 19.1. The number of nitrogens with one attached hydrogen (secondary N) is 1. The Morgan fingerprint density at radius 2 is 2.23 bits per heavy atom. The van der Waals surface area contributed by atoms with Gasteiger partial charge in [-0.1, -0.05) is 24.3 Å². The van der Waals surface area contributed by atoms with Crippen molar-refractivity contribution in [1.29, 1.82) is 0 Å². The molecular weight excluding hydrogens is 281 g/mol. The van der Waals surface area contributed by atoms with Gasteiger partial charge in [-0.25, -0.2) is 4.39 Å². The molecule has 2 atom stereocenters. The summed E-state index contributed by atoms with van der Waals surface area (Å²) in [5.74, 6) is -0.315. The minimum Gasteiger partial charge on any atom is -0.365 e. The second-order valence-corrected chi connectivity index (χ2v) is 5.48. The quantitative estimate of drug-likeness (QED) is 0.817. The summed E-state index contributed by atoms with van der Waals surface area (Å²) in [5, 5.41) is 3.01. The number of halogens is 1. The van der Waals surface area contributed by atoms with Gasteiger partial charge in [-0.05, 0) is 49.5 Å². The van der Waals surface area contributed by atoms with Crippen LogP contribution in [-0.2, 0) is 9.53 Å². The molecule has 3 nitrogen and oxygen atoms in total. The minimum atomic E-state index is -0.472. The second-order valence-electron chi connectivity index (χ2n) is 5.48. The number of rotatable bonds is 6. The first kappa shape index (κ1) is 16.4. The lowest BCUT2D eigenvalue weighted by Gasteiger charge is -2.24. The predicted molar refractivity (Wildman–Crippen MR) is 85.8 cm³/mol. The first-order valence-corrected chi connectivity index (χ1v) is 7.58. The standard InChI is InChI=1S/C18H22FNO2/c1-3-12-22-13(2)18(21)20-17-10-6-15(7-11-17)14-4-8-16(19)9-5-14/h3-6,8-9,13,17H,1,7,10-12H2,2H3,(H,20,21)/t13-,17+/m1/s1. The summed E-state index contributed by atoms with van der Waals surface area (Å²) in [6.07, 6.45) is 5.81. The van der Waals surface area contributed by atoms with Crippen LogP contribution in [0.25, 0.3) is 5.57 Å². The Kier molecular flexibility index (Phi) is 5.90. The van der Waals surface area contributed by atoms with Gasteiger partial charge in [-0.3, -0.25) is 4.79 Å². The Morgan fingerprint density at radius 3 is 2.82 bits per heavy atom. The number of hydrogen-bond acceptors (Lipinski definition) is 2. The van der Waals surface area contributed by atoms with Gasteiger partial charge in [0.25, 0.3) is 0 Å². The second kappa shape index (κ2) is 7.90. The lowest BCUT2D eigenvalue weighted by atomic mass is 9.90. The Hall–Kier alpha value is -1.94. The first-order valence-electron chi connectivity index (χ1n) is 7.58. The molecule has 0 saturated carbocycles. The number of carbonyl (C=O) groups is 1. The summed E-state index contributed by atoms with van der Waals surface area (Å²) < 4.78 is 18.3. The first-order chi connectivity index (χ1) is 10.6. The average molecular weight is 303 g/mol. The number of ether oxygens (including phenoxy) is 1. The zero-order valence-corrected chi connectivity index (χ0v) is 12.8. The Labute approximate surface area is 130 Å². The molecule has 1 aromatic carbocycles. The highest BCUT2D eigenvalue weighted by Crippen LogP contribution is 2.27. The third kappa shape index (κ3) is 4.53. The van der Waals surface area contributed by atoms with Crippen molar-refractivity contribution in [3.8, 4) is 0 Å². The fourth-order valence-corrected chi connectivity index (χ4v) is 2.50. The maximum absolute atomic E-state index is 12.9. The van der Waals surface area contributed by atoms with Crippen LogP contribution >= 0.6 is 0 Å². The van der Waals surface area contributed by atoms with E-state index in [4.69, 9.17) is 4.74 Å². The summed E-state index contributed by atoms with van der Waals surface area (Å²) in [6, 6.07) is 6.67. The third-order valence-corrected chi connectivity index (χ3v) is 3.81. The number of carbonyl (C=O) groups excluding carboxylic acids is 1. The molecule has 1 aromatic rings. The van der Waals surface area contributed by atoms with Crippen LogP contribution in [0.5, 0.6) is 0 Å². The maximum atomic E-state index is 12.9. The monoisotopic (exact) mass is 303 g/mol. The molecule has 0 fully saturated rings. The molecule has 1 N–H and O–H groups in total. The zero-order valence-electron chi connectivity index (χ0n) is 12.8. The van der Waals surface area contributed by atoms with Gasteiger partial charge in [0.05, 0.1) is 6.61 Å². The summed E-state index contributed by atoms with van der Waals surface area (Å²) in [5.41, 5.74) is 2.26. The smallest absolute Gasteiger partial charge is 0.249 e. The highest BCUT2D eigenvalue weighted by molar-refractivity contribution is 5.80. The van der Waals surface area contributed by atoms with E-state index in [-0.39, 0.29) is 17.8 Å². The van der Waals surface area contributed by atoms with Crippen molar-refractivity contribution >= 4 is 11.5 Å². The van der Waals surface area contributed by atoms with E-state index in [2.05, 4.69) is 18.0 Å². The summed E-state index contributed by atoms with van der Waals surface area (Å²) in [4.78, 5) is 12.0. The molecule has 0 aromatic heterocycles. The van der Waals surface area contributed by atoms with Gasteiger partial charge in [0.2, 0.25) is 5.91 Å². The van der Waals surface area contributed by atoms with Gasteiger partial charge in [0.15, 0.2) is 0 Å². The van der Waals surface area contributed by atoms with E-state index in [9.17, 15) is 9.18 Å². The Morgan fingerprint density at radius 1 is 1.50 bits per heavy atom. The minimum absolute atomic E-state index is 0.0921. The van der Waals surface area contributed by atoms with Crippen molar-refractivity contribution in [1.82, 2.24) is 5.32 Å². The third-order valence-electron chi connectivity index (χ3n) is 3.81. The van der Waals surface area contributed by atoms with E-state index in [0.717, 1.165) is 24.8 Å².